The Bertz CT molecular complexity index is 206. The molecule has 0 radical (unpaired) electrons. The van der Waals surface area contributed by atoms with E-state index >= 15 is 0 Å². The van der Waals surface area contributed by atoms with E-state index in [2.05, 4.69) is 5.32 Å². The highest BCUT2D eigenvalue weighted by Gasteiger charge is 2.27. The van der Waals surface area contributed by atoms with E-state index in [-0.39, 0.29) is 23.9 Å². The van der Waals surface area contributed by atoms with E-state index in [1.165, 1.54) is 19.3 Å². The van der Waals surface area contributed by atoms with E-state index in [1.54, 1.807) is 7.11 Å². The summed E-state index contributed by atoms with van der Waals surface area (Å²) in [4.78, 5) is 11.3. The van der Waals surface area contributed by atoms with Crippen molar-refractivity contribution in [1.29, 1.82) is 0 Å². The molecule has 0 aliphatic heterocycles. The van der Waals surface area contributed by atoms with Crippen LogP contribution in [0.2, 0.25) is 0 Å². The number of amides is 1. The number of nitrogens with two attached hydrogens (primary N) is 1. The summed E-state index contributed by atoms with van der Waals surface area (Å²) in [6.45, 7) is 1.08. The average molecular weight is 251 g/mol. The standard InChI is InChI=1S/C11H22N2O2.ClH/c1-15-8-5-10(14)13-9-11(12)6-3-2-4-7-11;/h2-9,12H2,1H3,(H,13,14);1H. The highest BCUT2D eigenvalue weighted by molar-refractivity contribution is 5.85. The predicted molar refractivity (Wildman–Crippen MR) is 66.8 cm³/mol. The molecule has 0 unspecified atom stereocenters. The molecule has 1 saturated carbocycles. The number of halogens is 1. The van der Waals surface area contributed by atoms with Crippen molar-refractivity contribution in [3.8, 4) is 0 Å². The number of ether oxygens (including phenoxy) is 1. The first-order valence-corrected chi connectivity index (χ1v) is 5.71. The van der Waals surface area contributed by atoms with Crippen LogP contribution in [0.3, 0.4) is 0 Å². The molecule has 4 nitrogen and oxygen atoms in total. The summed E-state index contributed by atoms with van der Waals surface area (Å²) in [5.41, 5.74) is 6.02. The lowest BCUT2D eigenvalue weighted by atomic mass is 9.82. The number of rotatable bonds is 5. The fourth-order valence-corrected chi connectivity index (χ4v) is 1.99. The molecule has 0 bridgehead atoms. The molecule has 1 rings (SSSR count). The van der Waals surface area contributed by atoms with Gasteiger partial charge in [-0.2, -0.15) is 0 Å². The minimum absolute atomic E-state index is 0. The van der Waals surface area contributed by atoms with Crippen LogP contribution in [-0.2, 0) is 9.53 Å². The lowest BCUT2D eigenvalue weighted by Crippen LogP contribution is -2.51. The largest absolute Gasteiger partial charge is 0.384 e. The quantitative estimate of drug-likeness (QED) is 0.771. The van der Waals surface area contributed by atoms with E-state index in [1.807, 2.05) is 0 Å². The molecule has 0 atom stereocenters. The third kappa shape index (κ3) is 5.68. The van der Waals surface area contributed by atoms with Crippen LogP contribution in [-0.4, -0.2) is 31.7 Å². The van der Waals surface area contributed by atoms with Crippen molar-refractivity contribution in [2.24, 2.45) is 5.73 Å². The van der Waals surface area contributed by atoms with Crippen molar-refractivity contribution < 1.29 is 9.53 Å². The maximum atomic E-state index is 11.3. The van der Waals surface area contributed by atoms with E-state index in [0.29, 0.717) is 19.6 Å². The summed E-state index contributed by atoms with van der Waals surface area (Å²) in [5, 5.41) is 2.88. The molecule has 1 amide bonds. The van der Waals surface area contributed by atoms with Gasteiger partial charge in [-0.25, -0.2) is 0 Å². The van der Waals surface area contributed by atoms with E-state index in [0.717, 1.165) is 12.8 Å². The maximum absolute atomic E-state index is 11.3. The normalized spacial score (nSPS) is 18.6. The van der Waals surface area contributed by atoms with Crippen molar-refractivity contribution in [1.82, 2.24) is 5.32 Å². The van der Waals surface area contributed by atoms with Crippen molar-refractivity contribution in [3.05, 3.63) is 0 Å². The summed E-state index contributed by atoms with van der Waals surface area (Å²) in [5.74, 6) is 0.0345. The van der Waals surface area contributed by atoms with Crippen LogP contribution < -0.4 is 11.1 Å². The van der Waals surface area contributed by atoms with Gasteiger partial charge in [0.1, 0.15) is 0 Å². The molecule has 5 heteroatoms. The Morgan fingerprint density at radius 3 is 2.56 bits per heavy atom. The zero-order chi connectivity index (χ0) is 11.1. The van der Waals surface area contributed by atoms with Gasteiger partial charge in [0.25, 0.3) is 0 Å². The molecule has 96 valence electrons. The van der Waals surface area contributed by atoms with Gasteiger partial charge in [-0.3, -0.25) is 4.79 Å². The number of hydrogen-bond donors (Lipinski definition) is 2. The molecule has 16 heavy (non-hydrogen) atoms. The average Bonchev–Trinajstić information content (AvgIpc) is 2.25. The summed E-state index contributed by atoms with van der Waals surface area (Å²) in [7, 11) is 1.60. The molecule has 0 aromatic heterocycles. The fraction of sp³-hybridized carbons (Fsp3) is 0.909. The Balaban J connectivity index is 0.00000225. The molecule has 0 saturated heterocycles. The molecule has 1 aliphatic rings. The first-order chi connectivity index (χ1) is 7.16. The van der Waals surface area contributed by atoms with Crippen molar-refractivity contribution >= 4 is 18.3 Å². The van der Waals surface area contributed by atoms with Crippen LogP contribution in [0.5, 0.6) is 0 Å². The third-order valence-corrected chi connectivity index (χ3v) is 3.02. The first kappa shape index (κ1) is 15.7. The molecule has 1 fully saturated rings. The van der Waals surface area contributed by atoms with Gasteiger partial charge in [-0.15, -0.1) is 12.4 Å². The fourth-order valence-electron chi connectivity index (χ4n) is 1.99. The summed E-state index contributed by atoms with van der Waals surface area (Å²) >= 11 is 0. The monoisotopic (exact) mass is 250 g/mol. The van der Waals surface area contributed by atoms with Gasteiger partial charge in [-0.05, 0) is 12.8 Å². The van der Waals surface area contributed by atoms with Crippen molar-refractivity contribution in [2.75, 3.05) is 20.3 Å². The predicted octanol–water partition coefficient (Wildman–Crippen LogP) is 1.22. The maximum Gasteiger partial charge on any atom is 0.222 e. The smallest absolute Gasteiger partial charge is 0.222 e. The van der Waals surface area contributed by atoms with E-state index in [9.17, 15) is 4.79 Å². The summed E-state index contributed by atoms with van der Waals surface area (Å²) < 4.78 is 4.84. The molecular weight excluding hydrogens is 228 g/mol. The second-order valence-corrected chi connectivity index (χ2v) is 4.44. The lowest BCUT2D eigenvalue weighted by molar-refractivity contribution is -0.122. The Morgan fingerprint density at radius 1 is 1.38 bits per heavy atom. The van der Waals surface area contributed by atoms with E-state index in [4.69, 9.17) is 10.5 Å². The molecule has 0 aromatic carbocycles. The SMILES string of the molecule is COCCC(=O)NCC1(N)CCCCC1.Cl. The third-order valence-electron chi connectivity index (χ3n) is 3.02. The molecule has 0 spiro atoms. The van der Waals surface area contributed by atoms with Crippen molar-refractivity contribution in [3.63, 3.8) is 0 Å². The number of nitrogens with one attached hydrogen (secondary N) is 1. The highest BCUT2D eigenvalue weighted by atomic mass is 35.5. The van der Waals surface area contributed by atoms with Gasteiger partial charge in [0.15, 0.2) is 0 Å². The van der Waals surface area contributed by atoms with Crippen LogP contribution in [0.25, 0.3) is 0 Å². The highest BCUT2D eigenvalue weighted by Crippen LogP contribution is 2.24. The van der Waals surface area contributed by atoms with Gasteiger partial charge >= 0.3 is 0 Å². The Labute approximate surface area is 104 Å². The van der Waals surface area contributed by atoms with Gasteiger partial charge in [0, 0.05) is 25.6 Å². The number of methoxy groups -OCH3 is 1. The second-order valence-electron chi connectivity index (χ2n) is 4.44. The Morgan fingerprint density at radius 2 is 2.00 bits per heavy atom. The minimum Gasteiger partial charge on any atom is -0.384 e. The van der Waals surface area contributed by atoms with Crippen LogP contribution >= 0.6 is 12.4 Å². The topological polar surface area (TPSA) is 64.3 Å². The number of hydrogen-bond acceptors (Lipinski definition) is 3. The second kappa shape index (κ2) is 7.87. The van der Waals surface area contributed by atoms with Gasteiger partial charge < -0.3 is 15.8 Å². The minimum atomic E-state index is -0.166. The van der Waals surface area contributed by atoms with Crippen LogP contribution in [0.1, 0.15) is 38.5 Å². The first-order valence-electron chi connectivity index (χ1n) is 5.71. The molecule has 0 heterocycles. The van der Waals surface area contributed by atoms with E-state index < -0.39 is 0 Å². The number of carbonyl (C=O) groups excluding carboxylic acids is 1. The van der Waals surface area contributed by atoms with Crippen LogP contribution in [0.15, 0.2) is 0 Å². The molecule has 1 aliphatic carbocycles. The molecule has 0 aromatic rings. The zero-order valence-electron chi connectivity index (χ0n) is 9.96. The van der Waals surface area contributed by atoms with Gasteiger partial charge in [-0.1, -0.05) is 19.3 Å². The lowest BCUT2D eigenvalue weighted by Gasteiger charge is -2.33. The zero-order valence-corrected chi connectivity index (χ0v) is 10.8. The summed E-state index contributed by atoms with van der Waals surface area (Å²) in [6, 6.07) is 0. The number of carbonyl (C=O) groups is 1. The summed E-state index contributed by atoms with van der Waals surface area (Å²) in [6.07, 6.45) is 6.12. The van der Waals surface area contributed by atoms with Crippen molar-refractivity contribution in [2.45, 2.75) is 44.1 Å². The van der Waals surface area contributed by atoms with Crippen LogP contribution in [0.4, 0.5) is 0 Å². The Hall–Kier alpha value is -0.320. The van der Waals surface area contributed by atoms with Gasteiger partial charge in [0.05, 0.1) is 6.61 Å². The van der Waals surface area contributed by atoms with Crippen LogP contribution in [0, 0.1) is 0 Å². The van der Waals surface area contributed by atoms with Gasteiger partial charge in [0.2, 0.25) is 5.91 Å². The molecular formula is C11H23ClN2O2. The molecule has 3 N–H and O–H groups in total. The Kier molecular flexibility index (Phi) is 7.72.